The molecule has 0 spiro atoms. The van der Waals surface area contributed by atoms with Gasteiger partial charge in [-0.05, 0) is 71.4 Å². The number of amides is 3. The lowest BCUT2D eigenvalue weighted by molar-refractivity contribution is -0.131. The number of methoxy groups -OCH3 is 1. The van der Waals surface area contributed by atoms with Gasteiger partial charge in [-0.2, -0.15) is 0 Å². The fraction of sp³-hybridized carbons (Fsp3) is 0.727. The third-order valence-electron chi connectivity index (χ3n) is 7.64. The quantitative estimate of drug-likeness (QED) is 0.282. The maximum Gasteiger partial charge on any atom is 0.410 e. The Morgan fingerprint density at radius 2 is 1.77 bits per heavy atom. The zero-order valence-corrected chi connectivity index (χ0v) is 27.7. The van der Waals surface area contributed by atoms with Gasteiger partial charge in [0.1, 0.15) is 17.2 Å². The van der Waals surface area contributed by atoms with Crippen LogP contribution in [0.25, 0.3) is 0 Å². The van der Waals surface area contributed by atoms with Crippen molar-refractivity contribution in [3.63, 3.8) is 0 Å². The largest absolute Gasteiger partial charge is 0.493 e. The molecule has 0 aromatic heterocycles. The van der Waals surface area contributed by atoms with E-state index in [9.17, 15) is 14.4 Å². The molecule has 0 radical (unpaired) electrons. The highest BCUT2D eigenvalue weighted by molar-refractivity contribution is 5.97. The molecule has 1 aliphatic carbocycles. The highest BCUT2D eigenvalue weighted by Crippen LogP contribution is 2.40. The smallest absolute Gasteiger partial charge is 0.410 e. The van der Waals surface area contributed by atoms with E-state index in [1.807, 2.05) is 27.7 Å². The van der Waals surface area contributed by atoms with E-state index in [4.69, 9.17) is 18.9 Å². The molecule has 1 aromatic carbocycles. The summed E-state index contributed by atoms with van der Waals surface area (Å²) in [6, 6.07) is 2.67. The Balaban J connectivity index is 1.92. The number of carbonyl (C=O) groups excluding carboxylic acids is 3. The number of nitrogens with one attached hydrogen (secondary N) is 1. The van der Waals surface area contributed by atoms with Crippen molar-refractivity contribution < 1.29 is 37.7 Å². The number of likely N-dealkylation sites (tertiary alicyclic amines) is 1. The van der Waals surface area contributed by atoms with Crippen LogP contribution in [0.1, 0.15) is 85.6 Å². The second-order valence-electron chi connectivity index (χ2n) is 13.2. The number of piperidine rings is 1. The zero-order valence-electron chi connectivity index (χ0n) is 27.7. The third kappa shape index (κ3) is 10.1. The van der Waals surface area contributed by atoms with E-state index in [-0.39, 0.29) is 55.0 Å². The van der Waals surface area contributed by atoms with Crippen molar-refractivity contribution in [1.29, 1.82) is 0 Å². The molecule has 1 N–H and O–H groups in total. The van der Waals surface area contributed by atoms with Gasteiger partial charge in [0.15, 0.2) is 0 Å². The lowest BCUT2D eigenvalue weighted by Gasteiger charge is -2.39. The first-order valence-electron chi connectivity index (χ1n) is 15.9. The summed E-state index contributed by atoms with van der Waals surface area (Å²) in [6.45, 7) is 15.0. The fourth-order valence-electron chi connectivity index (χ4n) is 5.37. The molecule has 1 aromatic rings. The topological polar surface area (TPSA) is 107 Å². The summed E-state index contributed by atoms with van der Waals surface area (Å²) in [5.74, 6) is -1.93. The Kier molecular flexibility index (Phi) is 12.8. The number of anilines is 1. The number of hydrogen-bond acceptors (Lipinski definition) is 7. The van der Waals surface area contributed by atoms with Gasteiger partial charge in [0, 0.05) is 58.0 Å². The van der Waals surface area contributed by atoms with E-state index in [0.717, 1.165) is 18.4 Å². The van der Waals surface area contributed by atoms with Gasteiger partial charge in [0.05, 0.1) is 30.7 Å². The molecule has 3 atom stereocenters. The maximum atomic E-state index is 15.8. The number of rotatable bonds is 14. The van der Waals surface area contributed by atoms with Crippen molar-refractivity contribution in [2.45, 2.75) is 97.8 Å². The van der Waals surface area contributed by atoms with Crippen LogP contribution in [-0.4, -0.2) is 87.1 Å². The summed E-state index contributed by atoms with van der Waals surface area (Å²) in [5.41, 5.74) is 0.126. The molecule has 1 saturated heterocycles. The van der Waals surface area contributed by atoms with Crippen molar-refractivity contribution in [1.82, 2.24) is 10.2 Å². The molecule has 1 heterocycles. The SMILES string of the molecule is CCOC[C@@H](C)NC(=O)[C@H]1C[C@@H](C(=O)N(c2cc(OCCCOC)c(C(C)C)cc2F)C2CC2)CN(C(=O)OC(C)(C)C)C1. The van der Waals surface area contributed by atoms with Crippen LogP contribution in [0.3, 0.4) is 0 Å². The summed E-state index contributed by atoms with van der Waals surface area (Å²) in [7, 11) is 1.62. The van der Waals surface area contributed by atoms with Gasteiger partial charge in [0.25, 0.3) is 0 Å². The number of ether oxygens (including phenoxy) is 4. The molecular weight excluding hydrogens is 569 g/mol. The maximum absolute atomic E-state index is 15.8. The number of benzene rings is 1. The first-order chi connectivity index (χ1) is 20.7. The fourth-order valence-corrected chi connectivity index (χ4v) is 5.37. The predicted octanol–water partition coefficient (Wildman–Crippen LogP) is 5.27. The van der Waals surface area contributed by atoms with Crippen LogP contribution in [0.4, 0.5) is 14.9 Å². The number of nitrogens with zero attached hydrogens (tertiary/aromatic N) is 2. The molecule has 11 heteroatoms. The van der Waals surface area contributed by atoms with Gasteiger partial charge in [-0.3, -0.25) is 9.59 Å². The lowest BCUT2D eigenvalue weighted by atomic mass is 9.87. The monoisotopic (exact) mass is 621 g/mol. The first-order valence-corrected chi connectivity index (χ1v) is 15.9. The molecule has 0 bridgehead atoms. The van der Waals surface area contributed by atoms with E-state index in [1.54, 1.807) is 33.9 Å². The summed E-state index contributed by atoms with van der Waals surface area (Å²) >= 11 is 0. The minimum Gasteiger partial charge on any atom is -0.493 e. The molecule has 3 rings (SSSR count). The van der Waals surface area contributed by atoms with Crippen LogP contribution >= 0.6 is 0 Å². The molecule has 3 amide bonds. The van der Waals surface area contributed by atoms with Crippen LogP contribution in [-0.2, 0) is 23.8 Å². The van der Waals surface area contributed by atoms with Crippen molar-refractivity contribution in [2.24, 2.45) is 11.8 Å². The second-order valence-corrected chi connectivity index (χ2v) is 13.2. The first kappa shape index (κ1) is 35.6. The minimum absolute atomic E-state index is 0.00571. The molecular formula is C33H52FN3O7. The summed E-state index contributed by atoms with van der Waals surface area (Å²) in [6.07, 6.45) is 1.78. The average Bonchev–Trinajstić information content (AvgIpc) is 3.79. The molecule has 1 aliphatic heterocycles. The Morgan fingerprint density at radius 1 is 1.09 bits per heavy atom. The molecule has 2 fully saturated rings. The second kappa shape index (κ2) is 15.9. The lowest BCUT2D eigenvalue weighted by Crippen LogP contribution is -2.54. The standard InChI is InChI=1S/C33H52FN3O7/c1-9-42-20-22(4)35-30(38)23-15-24(19-36(18-23)32(40)44-33(5,6)7)31(39)37(25-11-12-25)28-17-29(43-14-10-13-41-8)26(21(2)3)16-27(28)34/h16-17,21-25H,9-15,18-20H2,1-8H3,(H,35,38)/t22-,23+,24-/m1/s1. The Morgan fingerprint density at radius 3 is 2.36 bits per heavy atom. The van der Waals surface area contributed by atoms with Gasteiger partial charge < -0.3 is 34.1 Å². The van der Waals surface area contributed by atoms with Crippen LogP contribution in [0.5, 0.6) is 5.75 Å². The predicted molar refractivity (Wildman–Crippen MR) is 166 cm³/mol. The molecule has 2 aliphatic rings. The number of carbonyl (C=O) groups is 3. The molecule has 44 heavy (non-hydrogen) atoms. The Bertz CT molecular complexity index is 1140. The van der Waals surface area contributed by atoms with Crippen LogP contribution in [0.2, 0.25) is 0 Å². The summed E-state index contributed by atoms with van der Waals surface area (Å²) in [5, 5.41) is 2.96. The van der Waals surface area contributed by atoms with Gasteiger partial charge in [-0.1, -0.05) is 13.8 Å². The van der Waals surface area contributed by atoms with Gasteiger partial charge >= 0.3 is 6.09 Å². The highest BCUT2D eigenvalue weighted by Gasteiger charge is 2.44. The number of hydrogen-bond donors (Lipinski definition) is 1. The van der Waals surface area contributed by atoms with E-state index in [1.165, 1.54) is 15.9 Å². The van der Waals surface area contributed by atoms with Crippen molar-refractivity contribution in [3.8, 4) is 5.75 Å². The third-order valence-corrected chi connectivity index (χ3v) is 7.64. The highest BCUT2D eigenvalue weighted by atomic mass is 19.1. The van der Waals surface area contributed by atoms with E-state index < -0.39 is 29.3 Å². The Hall–Kier alpha value is -2.92. The zero-order chi connectivity index (χ0) is 32.6. The van der Waals surface area contributed by atoms with Gasteiger partial charge in [0.2, 0.25) is 11.8 Å². The molecule has 248 valence electrons. The number of halogens is 1. The van der Waals surface area contributed by atoms with Crippen LogP contribution in [0.15, 0.2) is 12.1 Å². The Labute approximate surface area is 261 Å². The summed E-state index contributed by atoms with van der Waals surface area (Å²) < 4.78 is 38.1. The van der Waals surface area contributed by atoms with Gasteiger partial charge in [-0.25, -0.2) is 9.18 Å². The minimum atomic E-state index is -0.751. The normalized spacial score (nSPS) is 19.5. The van der Waals surface area contributed by atoms with E-state index >= 15 is 4.39 Å². The van der Waals surface area contributed by atoms with Crippen molar-refractivity contribution in [3.05, 3.63) is 23.5 Å². The van der Waals surface area contributed by atoms with Crippen molar-refractivity contribution >= 4 is 23.6 Å². The molecule has 0 unspecified atom stereocenters. The van der Waals surface area contributed by atoms with Gasteiger partial charge in [-0.15, -0.1) is 0 Å². The molecule has 10 nitrogen and oxygen atoms in total. The van der Waals surface area contributed by atoms with Crippen LogP contribution in [0, 0.1) is 17.7 Å². The molecule has 1 saturated carbocycles. The van der Waals surface area contributed by atoms with E-state index in [0.29, 0.717) is 38.6 Å². The average molecular weight is 622 g/mol. The van der Waals surface area contributed by atoms with E-state index in [2.05, 4.69) is 5.32 Å². The van der Waals surface area contributed by atoms with Crippen molar-refractivity contribution in [2.75, 3.05) is 51.5 Å². The summed E-state index contributed by atoms with van der Waals surface area (Å²) in [4.78, 5) is 43.8. The van der Waals surface area contributed by atoms with Crippen LogP contribution < -0.4 is 15.0 Å².